The molecule has 120 valence electrons. The number of hydrogen-bond acceptors (Lipinski definition) is 3. The molecule has 0 saturated carbocycles. The van der Waals surface area contributed by atoms with Crippen LogP contribution in [0, 0.1) is 0 Å². The molecule has 2 rings (SSSR count). The van der Waals surface area contributed by atoms with Crippen LogP contribution in [0.1, 0.15) is 56.7 Å². The van der Waals surface area contributed by atoms with Gasteiger partial charge in [0.25, 0.3) is 0 Å². The largest absolute Gasteiger partial charge is 0.508 e. The third-order valence-corrected chi connectivity index (χ3v) is 3.84. The van der Waals surface area contributed by atoms with Crippen molar-refractivity contribution in [2.45, 2.75) is 58.0 Å². The maximum Gasteiger partial charge on any atom is 0.220 e. The quantitative estimate of drug-likeness (QED) is 0.754. The van der Waals surface area contributed by atoms with Crippen molar-refractivity contribution in [1.29, 1.82) is 0 Å². The number of phenols is 1. The molecule has 22 heavy (non-hydrogen) atoms. The second-order valence-corrected chi connectivity index (χ2v) is 6.08. The summed E-state index contributed by atoms with van der Waals surface area (Å²) in [6.45, 7) is 3.83. The average molecular weight is 304 g/mol. The zero-order chi connectivity index (χ0) is 16.1. The minimum Gasteiger partial charge on any atom is -0.508 e. The number of carbonyl (C=O) groups is 2. The minimum absolute atomic E-state index is 0.0149. The molecule has 1 atom stereocenters. The van der Waals surface area contributed by atoms with E-state index >= 15 is 0 Å². The van der Waals surface area contributed by atoms with Gasteiger partial charge in [0.15, 0.2) is 0 Å². The van der Waals surface area contributed by atoms with E-state index in [4.69, 9.17) is 0 Å². The van der Waals surface area contributed by atoms with Gasteiger partial charge in [-0.3, -0.25) is 9.59 Å². The number of amides is 2. The first-order valence-electron chi connectivity index (χ1n) is 7.87. The van der Waals surface area contributed by atoms with Crippen molar-refractivity contribution in [2.75, 3.05) is 0 Å². The smallest absolute Gasteiger partial charge is 0.220 e. The Kier molecular flexibility index (Phi) is 5.41. The molecule has 0 fully saturated rings. The fourth-order valence-electron chi connectivity index (χ4n) is 2.86. The second-order valence-electron chi connectivity index (χ2n) is 6.08. The number of aromatic hydroxyl groups is 1. The minimum atomic E-state index is -0.0430. The fraction of sp³-hybridized carbons (Fsp3) is 0.529. The number of hydrogen-bond donors (Lipinski definition) is 3. The van der Waals surface area contributed by atoms with Crippen LogP contribution in [-0.2, 0) is 16.0 Å². The van der Waals surface area contributed by atoms with Gasteiger partial charge in [0.2, 0.25) is 11.8 Å². The number of benzene rings is 1. The van der Waals surface area contributed by atoms with E-state index in [1.165, 1.54) is 0 Å². The number of carbonyl (C=O) groups excluding carboxylic acids is 2. The number of phenolic OH excluding ortho intramolecular Hbond substituents is 1. The van der Waals surface area contributed by atoms with Crippen molar-refractivity contribution >= 4 is 11.8 Å². The molecule has 0 aliphatic heterocycles. The predicted octanol–water partition coefficient (Wildman–Crippen LogP) is 2.19. The molecule has 5 heteroatoms. The van der Waals surface area contributed by atoms with Crippen molar-refractivity contribution < 1.29 is 14.7 Å². The highest BCUT2D eigenvalue weighted by Crippen LogP contribution is 2.36. The van der Waals surface area contributed by atoms with Crippen molar-refractivity contribution in [2.24, 2.45) is 0 Å². The first-order chi connectivity index (χ1) is 10.5. The van der Waals surface area contributed by atoms with Crippen LogP contribution < -0.4 is 10.6 Å². The first-order valence-corrected chi connectivity index (χ1v) is 7.87. The third kappa shape index (κ3) is 4.23. The molecule has 0 aromatic heterocycles. The summed E-state index contributed by atoms with van der Waals surface area (Å²) >= 11 is 0. The molecule has 0 radical (unpaired) electrons. The zero-order valence-corrected chi connectivity index (χ0v) is 13.2. The van der Waals surface area contributed by atoms with Crippen LogP contribution >= 0.6 is 0 Å². The summed E-state index contributed by atoms with van der Waals surface area (Å²) in [6, 6.07) is 5.53. The molecule has 0 bridgehead atoms. The maximum atomic E-state index is 12.0. The van der Waals surface area contributed by atoms with Crippen LogP contribution in [0.5, 0.6) is 5.75 Å². The highest BCUT2D eigenvalue weighted by atomic mass is 16.3. The molecular formula is C17H24N2O3. The molecular weight excluding hydrogens is 280 g/mol. The van der Waals surface area contributed by atoms with Gasteiger partial charge < -0.3 is 15.7 Å². The van der Waals surface area contributed by atoms with Crippen molar-refractivity contribution in [1.82, 2.24) is 10.6 Å². The zero-order valence-electron chi connectivity index (χ0n) is 13.2. The molecule has 3 N–H and O–H groups in total. The molecule has 0 unspecified atom stereocenters. The Labute approximate surface area is 131 Å². The monoisotopic (exact) mass is 304 g/mol. The topological polar surface area (TPSA) is 78.4 Å². The van der Waals surface area contributed by atoms with E-state index in [1.54, 1.807) is 12.1 Å². The van der Waals surface area contributed by atoms with Crippen LogP contribution in [0.25, 0.3) is 0 Å². The third-order valence-electron chi connectivity index (χ3n) is 3.84. The van der Waals surface area contributed by atoms with Gasteiger partial charge in [0.1, 0.15) is 5.75 Å². The SMILES string of the molecule is CC(C)NC(=O)CCCC(=O)N[C@@H]1CCc2c(O)cccc21. The molecule has 1 aromatic carbocycles. The van der Waals surface area contributed by atoms with Gasteiger partial charge in [-0.15, -0.1) is 0 Å². The molecule has 0 spiro atoms. The summed E-state index contributed by atoms with van der Waals surface area (Å²) in [7, 11) is 0. The average Bonchev–Trinajstić information content (AvgIpc) is 2.82. The van der Waals surface area contributed by atoms with E-state index in [2.05, 4.69) is 10.6 Å². The summed E-state index contributed by atoms with van der Waals surface area (Å²) in [5.74, 6) is 0.247. The molecule has 1 aliphatic rings. The Morgan fingerprint density at radius 1 is 1.27 bits per heavy atom. The maximum absolute atomic E-state index is 12.0. The lowest BCUT2D eigenvalue weighted by molar-refractivity contribution is -0.123. The van der Waals surface area contributed by atoms with Gasteiger partial charge in [0, 0.05) is 18.9 Å². The van der Waals surface area contributed by atoms with Gasteiger partial charge in [-0.05, 0) is 50.3 Å². The van der Waals surface area contributed by atoms with Gasteiger partial charge >= 0.3 is 0 Å². The van der Waals surface area contributed by atoms with Crippen LogP contribution in [0.3, 0.4) is 0 Å². The number of fused-ring (bicyclic) bond motifs is 1. The first kappa shape index (κ1) is 16.3. The summed E-state index contributed by atoms with van der Waals surface area (Å²) in [6.07, 6.45) is 2.85. The van der Waals surface area contributed by atoms with E-state index in [9.17, 15) is 14.7 Å². The molecule has 1 aliphatic carbocycles. The molecule has 1 aromatic rings. The van der Waals surface area contributed by atoms with Gasteiger partial charge in [0.05, 0.1) is 6.04 Å². The number of rotatable bonds is 6. The van der Waals surface area contributed by atoms with E-state index in [1.807, 2.05) is 19.9 Å². The molecule has 2 amide bonds. The Hall–Kier alpha value is -2.04. The van der Waals surface area contributed by atoms with Crippen molar-refractivity contribution in [3.8, 4) is 5.75 Å². The summed E-state index contributed by atoms with van der Waals surface area (Å²) in [5, 5.41) is 15.6. The highest BCUT2D eigenvalue weighted by molar-refractivity contribution is 5.79. The lowest BCUT2D eigenvalue weighted by atomic mass is 10.1. The van der Waals surface area contributed by atoms with E-state index < -0.39 is 0 Å². The predicted molar refractivity (Wildman–Crippen MR) is 84.4 cm³/mol. The van der Waals surface area contributed by atoms with Gasteiger partial charge in [-0.2, -0.15) is 0 Å². The number of nitrogens with one attached hydrogen (secondary N) is 2. The van der Waals surface area contributed by atoms with Crippen LogP contribution in [0.2, 0.25) is 0 Å². The molecule has 5 nitrogen and oxygen atoms in total. The van der Waals surface area contributed by atoms with Crippen LogP contribution in [-0.4, -0.2) is 23.0 Å². The van der Waals surface area contributed by atoms with E-state index in [0.29, 0.717) is 25.0 Å². The van der Waals surface area contributed by atoms with E-state index in [-0.39, 0.29) is 23.9 Å². The summed E-state index contributed by atoms with van der Waals surface area (Å²) in [4.78, 5) is 23.5. The normalized spacial score (nSPS) is 16.4. The van der Waals surface area contributed by atoms with E-state index in [0.717, 1.165) is 24.0 Å². The van der Waals surface area contributed by atoms with Gasteiger partial charge in [-0.25, -0.2) is 0 Å². The molecule has 0 heterocycles. The summed E-state index contributed by atoms with van der Waals surface area (Å²) < 4.78 is 0. The Morgan fingerprint density at radius 2 is 2.00 bits per heavy atom. The molecule has 0 saturated heterocycles. The second kappa shape index (κ2) is 7.29. The Morgan fingerprint density at radius 3 is 2.73 bits per heavy atom. The van der Waals surface area contributed by atoms with Crippen molar-refractivity contribution in [3.05, 3.63) is 29.3 Å². The Balaban J connectivity index is 1.78. The highest BCUT2D eigenvalue weighted by Gasteiger charge is 2.25. The summed E-state index contributed by atoms with van der Waals surface area (Å²) in [5.41, 5.74) is 1.94. The Bertz CT molecular complexity index is 555. The van der Waals surface area contributed by atoms with Gasteiger partial charge in [-0.1, -0.05) is 12.1 Å². The standard InChI is InChI=1S/C17H24N2O3/c1-11(2)18-16(21)7-4-8-17(22)19-14-10-9-13-12(14)5-3-6-15(13)20/h3,5-6,11,14,20H,4,7-10H2,1-2H3,(H,18,21)(H,19,22)/t14-/m1/s1. The lowest BCUT2D eigenvalue weighted by Gasteiger charge is -2.14. The van der Waals surface area contributed by atoms with Crippen molar-refractivity contribution in [3.63, 3.8) is 0 Å². The van der Waals surface area contributed by atoms with Crippen LogP contribution in [0.15, 0.2) is 18.2 Å². The van der Waals surface area contributed by atoms with Crippen LogP contribution in [0.4, 0.5) is 0 Å². The lowest BCUT2D eigenvalue weighted by Crippen LogP contribution is -2.30. The fourth-order valence-corrected chi connectivity index (χ4v) is 2.86.